The Morgan fingerprint density at radius 1 is 1.03 bits per heavy atom. The van der Waals surface area contributed by atoms with Crippen LogP contribution in [0.3, 0.4) is 0 Å². The van der Waals surface area contributed by atoms with Gasteiger partial charge >= 0.3 is 0 Å². The number of amides is 2. The minimum atomic E-state index is -3.73. The molecule has 0 saturated heterocycles. The van der Waals surface area contributed by atoms with Gasteiger partial charge in [-0.05, 0) is 55.0 Å². The van der Waals surface area contributed by atoms with Gasteiger partial charge in [0.25, 0.3) is 0 Å². The van der Waals surface area contributed by atoms with Gasteiger partial charge in [0.1, 0.15) is 12.6 Å². The first-order valence-electron chi connectivity index (χ1n) is 11.6. The molecule has 0 fully saturated rings. The smallest absolute Gasteiger partial charge is 0.244 e. The average Bonchev–Trinajstić information content (AvgIpc) is 2.76. The van der Waals surface area contributed by atoms with E-state index in [1.54, 1.807) is 18.2 Å². The van der Waals surface area contributed by atoms with Gasteiger partial charge in [-0.3, -0.25) is 13.9 Å². The first-order valence-corrected chi connectivity index (χ1v) is 13.4. The Kier molecular flexibility index (Phi) is 9.67. The molecule has 186 valence electrons. The van der Waals surface area contributed by atoms with E-state index in [-0.39, 0.29) is 24.9 Å². The molecule has 0 unspecified atom stereocenters. The van der Waals surface area contributed by atoms with E-state index in [0.29, 0.717) is 18.7 Å². The molecule has 2 amide bonds. The number of carbonyl (C=O) groups excluding carboxylic acids is 2. The SMILES string of the molecule is CC[C@H](C(=O)NCC(C)C)N(Cc1ccccc1C)C(=O)CN(c1cccc(C)c1)S(C)(=O)=O. The monoisotopic (exact) mass is 487 g/mol. The maximum atomic E-state index is 13.7. The molecule has 1 atom stereocenters. The molecule has 2 aromatic carbocycles. The largest absolute Gasteiger partial charge is 0.354 e. The lowest BCUT2D eigenvalue weighted by Crippen LogP contribution is -2.52. The van der Waals surface area contributed by atoms with Crippen LogP contribution in [0.25, 0.3) is 0 Å². The summed E-state index contributed by atoms with van der Waals surface area (Å²) in [5.41, 5.74) is 3.21. The number of aryl methyl sites for hydroxylation is 2. The number of nitrogens with zero attached hydrogens (tertiary/aromatic N) is 2. The Morgan fingerprint density at radius 3 is 2.26 bits per heavy atom. The number of anilines is 1. The number of hydrogen-bond donors (Lipinski definition) is 1. The fraction of sp³-hybridized carbons (Fsp3) is 0.462. The summed E-state index contributed by atoms with van der Waals surface area (Å²) in [5, 5.41) is 2.93. The highest BCUT2D eigenvalue weighted by Gasteiger charge is 2.32. The van der Waals surface area contributed by atoms with Crippen LogP contribution in [-0.4, -0.2) is 50.5 Å². The van der Waals surface area contributed by atoms with Crippen molar-refractivity contribution in [3.8, 4) is 0 Å². The maximum absolute atomic E-state index is 13.7. The van der Waals surface area contributed by atoms with Gasteiger partial charge in [-0.15, -0.1) is 0 Å². The van der Waals surface area contributed by atoms with E-state index in [0.717, 1.165) is 27.3 Å². The third-order valence-electron chi connectivity index (χ3n) is 5.64. The molecule has 0 saturated carbocycles. The highest BCUT2D eigenvalue weighted by atomic mass is 32.2. The van der Waals surface area contributed by atoms with E-state index in [4.69, 9.17) is 0 Å². The van der Waals surface area contributed by atoms with Gasteiger partial charge < -0.3 is 10.2 Å². The van der Waals surface area contributed by atoms with Crippen molar-refractivity contribution in [2.75, 3.05) is 23.7 Å². The molecule has 0 spiro atoms. The summed E-state index contributed by atoms with van der Waals surface area (Å²) in [7, 11) is -3.73. The molecular formula is C26H37N3O4S. The lowest BCUT2D eigenvalue weighted by Gasteiger charge is -2.33. The van der Waals surface area contributed by atoms with Crippen LogP contribution < -0.4 is 9.62 Å². The van der Waals surface area contributed by atoms with Gasteiger partial charge in [-0.2, -0.15) is 0 Å². The van der Waals surface area contributed by atoms with Crippen molar-refractivity contribution in [1.82, 2.24) is 10.2 Å². The number of nitrogens with one attached hydrogen (secondary N) is 1. The van der Waals surface area contributed by atoms with Gasteiger partial charge in [-0.25, -0.2) is 8.42 Å². The van der Waals surface area contributed by atoms with Crippen LogP contribution in [0.15, 0.2) is 48.5 Å². The van der Waals surface area contributed by atoms with E-state index in [2.05, 4.69) is 5.32 Å². The van der Waals surface area contributed by atoms with Crippen LogP contribution in [0.5, 0.6) is 0 Å². The molecule has 8 heteroatoms. The predicted octanol–water partition coefficient (Wildman–Crippen LogP) is 3.65. The van der Waals surface area contributed by atoms with Crippen LogP contribution in [-0.2, 0) is 26.2 Å². The third-order valence-corrected chi connectivity index (χ3v) is 6.78. The summed E-state index contributed by atoms with van der Waals surface area (Å²) in [6.45, 7) is 10.0. The van der Waals surface area contributed by atoms with Crippen molar-refractivity contribution in [3.05, 3.63) is 65.2 Å². The molecule has 1 N–H and O–H groups in total. The Bertz CT molecular complexity index is 1100. The van der Waals surface area contributed by atoms with Gasteiger partial charge in [0.05, 0.1) is 11.9 Å². The van der Waals surface area contributed by atoms with Crippen molar-refractivity contribution in [2.45, 2.75) is 53.6 Å². The minimum Gasteiger partial charge on any atom is -0.354 e. The molecule has 0 aromatic heterocycles. The molecule has 0 heterocycles. The van der Waals surface area contributed by atoms with Crippen LogP contribution in [0.1, 0.15) is 43.9 Å². The lowest BCUT2D eigenvalue weighted by molar-refractivity contribution is -0.140. The maximum Gasteiger partial charge on any atom is 0.244 e. The van der Waals surface area contributed by atoms with Crippen LogP contribution in [0.4, 0.5) is 5.69 Å². The van der Waals surface area contributed by atoms with Crippen LogP contribution in [0, 0.1) is 19.8 Å². The van der Waals surface area contributed by atoms with E-state index in [1.165, 1.54) is 4.90 Å². The molecule has 0 radical (unpaired) electrons. The number of carbonyl (C=O) groups is 2. The fourth-order valence-electron chi connectivity index (χ4n) is 3.71. The Labute approximate surface area is 204 Å². The van der Waals surface area contributed by atoms with Crippen LogP contribution in [0.2, 0.25) is 0 Å². The Hall–Kier alpha value is -2.87. The lowest BCUT2D eigenvalue weighted by atomic mass is 10.1. The van der Waals surface area contributed by atoms with Gasteiger partial charge in [-0.1, -0.05) is 57.2 Å². The van der Waals surface area contributed by atoms with E-state index >= 15 is 0 Å². The van der Waals surface area contributed by atoms with Crippen molar-refractivity contribution >= 4 is 27.5 Å². The van der Waals surface area contributed by atoms with Crippen molar-refractivity contribution < 1.29 is 18.0 Å². The van der Waals surface area contributed by atoms with Gasteiger partial charge in [0.2, 0.25) is 21.8 Å². The number of benzene rings is 2. The molecule has 0 aliphatic carbocycles. The molecule has 0 bridgehead atoms. The first-order chi connectivity index (χ1) is 15.9. The highest BCUT2D eigenvalue weighted by Crippen LogP contribution is 2.21. The Morgan fingerprint density at radius 2 is 1.71 bits per heavy atom. The predicted molar refractivity (Wildman–Crippen MR) is 137 cm³/mol. The zero-order chi connectivity index (χ0) is 25.5. The van der Waals surface area contributed by atoms with Crippen molar-refractivity contribution in [2.24, 2.45) is 5.92 Å². The number of rotatable bonds is 11. The molecular weight excluding hydrogens is 450 g/mol. The summed E-state index contributed by atoms with van der Waals surface area (Å²) < 4.78 is 26.4. The van der Waals surface area contributed by atoms with Crippen molar-refractivity contribution in [3.63, 3.8) is 0 Å². The van der Waals surface area contributed by atoms with Gasteiger partial charge in [0, 0.05) is 13.1 Å². The molecule has 0 aliphatic rings. The highest BCUT2D eigenvalue weighted by molar-refractivity contribution is 7.92. The standard InChI is InChI=1S/C26H37N3O4S/c1-7-24(26(31)27-16-19(2)3)28(17-22-13-9-8-12-21(22)5)25(30)18-29(34(6,32)33)23-14-10-11-20(4)15-23/h8-15,19,24H,7,16-18H2,1-6H3,(H,27,31)/t24-/m1/s1. The first kappa shape index (κ1) is 27.4. The summed E-state index contributed by atoms with van der Waals surface area (Å²) >= 11 is 0. The average molecular weight is 488 g/mol. The number of sulfonamides is 1. The summed E-state index contributed by atoms with van der Waals surface area (Å²) in [4.78, 5) is 28.2. The van der Waals surface area contributed by atoms with Crippen LogP contribution >= 0.6 is 0 Å². The molecule has 0 aliphatic heterocycles. The molecule has 7 nitrogen and oxygen atoms in total. The van der Waals surface area contributed by atoms with E-state index in [9.17, 15) is 18.0 Å². The summed E-state index contributed by atoms with van der Waals surface area (Å²) in [5.74, 6) is -0.398. The van der Waals surface area contributed by atoms with Gasteiger partial charge in [0.15, 0.2) is 0 Å². The van der Waals surface area contributed by atoms with E-state index in [1.807, 2.05) is 65.0 Å². The second kappa shape index (κ2) is 12.0. The van der Waals surface area contributed by atoms with E-state index < -0.39 is 22.0 Å². The summed E-state index contributed by atoms with van der Waals surface area (Å²) in [6, 6.07) is 14.0. The zero-order valence-electron chi connectivity index (χ0n) is 21.0. The molecule has 2 aromatic rings. The zero-order valence-corrected chi connectivity index (χ0v) is 21.9. The minimum absolute atomic E-state index is 0.213. The third kappa shape index (κ3) is 7.58. The summed E-state index contributed by atoms with van der Waals surface area (Å²) in [6.07, 6.45) is 1.49. The number of hydrogen-bond acceptors (Lipinski definition) is 4. The molecule has 34 heavy (non-hydrogen) atoms. The second-order valence-corrected chi connectivity index (χ2v) is 11.0. The van der Waals surface area contributed by atoms with Crippen molar-refractivity contribution in [1.29, 1.82) is 0 Å². The fourth-order valence-corrected chi connectivity index (χ4v) is 4.55. The molecule has 2 rings (SSSR count). The second-order valence-electron chi connectivity index (χ2n) is 9.12. The normalized spacial score (nSPS) is 12.3. The quantitative estimate of drug-likeness (QED) is 0.524. The Balaban J connectivity index is 2.43. The topological polar surface area (TPSA) is 86.8 Å².